The molecule has 0 unspecified atom stereocenters. The number of hydrogen-bond acceptors (Lipinski definition) is 23. The molecule has 0 aromatic heterocycles. The molecule has 13 rings (SSSR count). The van der Waals surface area contributed by atoms with Crippen molar-refractivity contribution in [1.29, 1.82) is 0 Å². The van der Waals surface area contributed by atoms with Gasteiger partial charge in [-0.05, 0) is 397 Å². The highest BCUT2D eigenvalue weighted by Gasteiger charge is 2.43. The maximum atomic E-state index is 12.6. The monoisotopic (exact) mass is 1820 g/mol. The third-order valence-electron chi connectivity index (χ3n) is 28.2. The summed E-state index contributed by atoms with van der Waals surface area (Å²) in [6.45, 7) is 49.2. The van der Waals surface area contributed by atoms with Crippen molar-refractivity contribution in [2.24, 2.45) is 59.2 Å². The van der Waals surface area contributed by atoms with E-state index in [2.05, 4.69) is 99.4 Å². The molecule has 1 saturated carbocycles. The molecular formula is C108H164N6O17. The Morgan fingerprint density at radius 2 is 0.779 bits per heavy atom. The minimum Gasteiger partial charge on any atom is -0.502 e. The number of rotatable bonds is 27. The van der Waals surface area contributed by atoms with Crippen molar-refractivity contribution in [1.82, 2.24) is 31.9 Å². The minimum absolute atomic E-state index is 0.00314. The second-order valence-electron chi connectivity index (χ2n) is 41.1. The number of benzene rings is 5. The topological polar surface area (TPSA) is 287 Å². The van der Waals surface area contributed by atoms with E-state index >= 15 is 0 Å². The molecular weight excluding hydrogens is 1650 g/mol. The van der Waals surface area contributed by atoms with E-state index < -0.39 is 22.4 Å². The molecule has 7 N–H and O–H groups in total. The number of phenols is 1. The summed E-state index contributed by atoms with van der Waals surface area (Å²) in [7, 11) is 4.53. The molecule has 23 nitrogen and oxygen atoms in total. The fourth-order valence-electron chi connectivity index (χ4n) is 19.5. The van der Waals surface area contributed by atoms with Crippen LogP contribution in [-0.4, -0.2) is 180 Å². The summed E-state index contributed by atoms with van der Waals surface area (Å²) in [5.74, 6) is 5.54. The number of ether oxygens (including phenoxy) is 10. The van der Waals surface area contributed by atoms with Gasteiger partial charge in [0.25, 0.3) is 0 Å². The maximum absolute atomic E-state index is 12.6. The number of piperidine rings is 6. The van der Waals surface area contributed by atoms with Gasteiger partial charge >= 0.3 is 35.8 Å². The third-order valence-corrected chi connectivity index (χ3v) is 28.2. The summed E-state index contributed by atoms with van der Waals surface area (Å²) in [5.41, 5.74) is 4.08. The molecule has 0 atom stereocenters. The fourth-order valence-corrected chi connectivity index (χ4v) is 19.5. The lowest BCUT2D eigenvalue weighted by Gasteiger charge is -2.38. The van der Waals surface area contributed by atoms with Crippen LogP contribution in [0.2, 0.25) is 0 Å². The Labute approximate surface area is 785 Å². The fraction of sp³-hybridized carbons (Fsp3) is 0.648. The van der Waals surface area contributed by atoms with E-state index in [1.165, 1.54) is 44.3 Å². The number of fused-ring (bicyclic) bond motifs is 1. The first-order chi connectivity index (χ1) is 62.1. The number of carbonyl (C=O) groups is 6. The highest BCUT2D eigenvalue weighted by atomic mass is 16.6. The molecule has 6 heterocycles. The van der Waals surface area contributed by atoms with Crippen molar-refractivity contribution in [2.75, 3.05) is 99.9 Å². The number of esters is 6. The largest absolute Gasteiger partial charge is 0.502 e. The SMILES string of the molecule is CC(C)(OC(=O)C1Cc2ccccc2C1)C1CCNCC1.CC(C)C1CCC(C(=O)OC(C)(C)C2CCNCC2)CC1.CC(C)Oc1ccc(C(=O)OC(C)(C)C2CCNCC2)cc1.CC(C)c1ccccc1C(=O)OC(C)(C)C1CCNCC1.COc1cc(CC(=O)OC(C)(C)C2CCNCC2)cc(OC)c1O.COc1cccc(/C=C/C(=O)OC(C)(C)C2CCNCC2)c1. The van der Waals surface area contributed by atoms with Crippen LogP contribution < -0.4 is 50.8 Å². The molecule has 7 fully saturated rings. The van der Waals surface area contributed by atoms with E-state index in [0.717, 1.165) is 216 Å². The van der Waals surface area contributed by atoms with Crippen LogP contribution in [0.3, 0.4) is 0 Å². The van der Waals surface area contributed by atoms with E-state index in [4.69, 9.17) is 47.4 Å². The number of hydrogen-bond donors (Lipinski definition) is 7. The van der Waals surface area contributed by atoms with E-state index in [1.54, 1.807) is 37.5 Å². The average Bonchev–Trinajstić information content (AvgIpc) is 1.70. The summed E-state index contributed by atoms with van der Waals surface area (Å²) in [6.07, 6.45) is 22.2. The molecule has 23 heteroatoms. The molecule has 0 spiro atoms. The van der Waals surface area contributed by atoms with Crippen molar-refractivity contribution in [3.05, 3.63) is 154 Å². The zero-order valence-corrected chi connectivity index (χ0v) is 83.4. The Bertz CT molecular complexity index is 4310. The van der Waals surface area contributed by atoms with Gasteiger partial charge in [0.05, 0.1) is 56.8 Å². The van der Waals surface area contributed by atoms with Crippen LogP contribution in [0.1, 0.15) is 282 Å². The summed E-state index contributed by atoms with van der Waals surface area (Å²) in [5, 5.41) is 30.0. The molecule has 6 aliphatic heterocycles. The van der Waals surface area contributed by atoms with Crippen molar-refractivity contribution < 1.29 is 81.2 Å². The number of aromatic hydroxyl groups is 1. The highest BCUT2D eigenvalue weighted by Crippen LogP contribution is 2.42. The third kappa shape index (κ3) is 34.4. The van der Waals surface area contributed by atoms with E-state index in [0.29, 0.717) is 58.1 Å². The van der Waals surface area contributed by atoms with Gasteiger partial charge in [0, 0.05) is 41.6 Å². The molecule has 728 valence electrons. The molecule has 8 aliphatic rings. The predicted molar refractivity (Wildman–Crippen MR) is 521 cm³/mol. The van der Waals surface area contributed by atoms with Crippen LogP contribution >= 0.6 is 0 Å². The van der Waals surface area contributed by atoms with Crippen molar-refractivity contribution in [2.45, 2.75) is 292 Å². The van der Waals surface area contributed by atoms with Gasteiger partial charge in [-0.2, -0.15) is 0 Å². The lowest BCUT2D eigenvalue weighted by atomic mass is 9.77. The Morgan fingerprint density at radius 1 is 0.397 bits per heavy atom. The first kappa shape index (κ1) is 108. The van der Waals surface area contributed by atoms with Crippen LogP contribution in [-0.2, 0) is 66.9 Å². The van der Waals surface area contributed by atoms with Gasteiger partial charge in [-0.15, -0.1) is 0 Å². The quantitative estimate of drug-likeness (QED) is 0.0146. The number of phenolic OH excluding ortho intramolecular Hbond substituents is 1. The first-order valence-electron chi connectivity index (χ1n) is 48.9. The molecule has 5 aromatic rings. The normalized spacial score (nSPS) is 19.1. The Balaban J connectivity index is 0.000000194. The standard InChI is InChI=1S/C18H27NO5.C18H27NO3.C18H25NO3.C18H25NO2.C18H33NO2.C18H27NO2/c1-18(2,13-5-7-19-8-6-13)24-16(20)11-12-9-14(22-3)17(21)15(10-12)23-4;1-13(2)21-16-7-5-14(6-8-16)17(20)22-18(3,4)15-9-11-19-12-10-15;1-18(2,15-9-11-19-12-10-15)22-17(20)8-7-14-5-4-6-16(13-14)21-3;1-18(2,16-7-9-19-10-8-16)21-17(20)15-11-13-5-3-4-6-14(13)12-15;1-13(2)14-5-7-15(8-6-14)17(20)21-18(3,4)16-9-11-19-12-10-16;1-13(2)15-7-5-6-8-16(15)17(20)21-18(3,4)14-9-11-19-12-10-14/h9-10,13,19,21H,5-8,11H2,1-4H3;5-8,13,15,19H,9-12H2,1-4H3;4-8,13,15,19H,9-12H2,1-3H3;3-6,15-16,19H,7-12H2,1-2H3;13-16,19H,5-12H2,1-4H3;5-8,13-14,19H,9-12H2,1-4H3/b;;8-7+;;;. The molecule has 5 aromatic carbocycles. The van der Waals surface area contributed by atoms with Gasteiger partial charge in [0.2, 0.25) is 5.75 Å². The first-order valence-corrected chi connectivity index (χ1v) is 48.9. The zero-order valence-electron chi connectivity index (χ0n) is 83.4. The summed E-state index contributed by atoms with van der Waals surface area (Å²) in [6, 6.07) is 34.1. The molecule has 131 heavy (non-hydrogen) atoms. The number of nitrogens with one attached hydrogen (secondary N) is 6. The van der Waals surface area contributed by atoms with Crippen LogP contribution in [0, 0.1) is 59.2 Å². The highest BCUT2D eigenvalue weighted by molar-refractivity contribution is 5.92. The zero-order chi connectivity index (χ0) is 95.7. The smallest absolute Gasteiger partial charge is 0.338 e. The molecule has 0 bridgehead atoms. The van der Waals surface area contributed by atoms with E-state index in [9.17, 15) is 33.9 Å². The molecule has 0 amide bonds. The summed E-state index contributed by atoms with van der Waals surface area (Å²) in [4.78, 5) is 74.4. The van der Waals surface area contributed by atoms with Gasteiger partial charge in [-0.1, -0.05) is 82.3 Å². The maximum Gasteiger partial charge on any atom is 0.338 e. The summed E-state index contributed by atoms with van der Waals surface area (Å²) >= 11 is 0. The van der Waals surface area contributed by atoms with Crippen molar-refractivity contribution in [3.8, 4) is 28.7 Å². The average molecular weight is 1820 g/mol. The van der Waals surface area contributed by atoms with E-state index in [1.807, 2.05) is 142 Å². The van der Waals surface area contributed by atoms with E-state index in [-0.39, 0.29) is 88.6 Å². The summed E-state index contributed by atoms with van der Waals surface area (Å²) < 4.78 is 55.9. The lowest BCUT2D eigenvalue weighted by molar-refractivity contribution is -0.170. The second kappa shape index (κ2) is 51.8. The predicted octanol–water partition coefficient (Wildman–Crippen LogP) is 18.9. The van der Waals surface area contributed by atoms with Crippen LogP contribution in [0.4, 0.5) is 0 Å². The Hall–Kier alpha value is -8.58. The molecule has 2 aliphatic carbocycles. The molecule has 6 saturated heterocycles. The van der Waals surface area contributed by atoms with Gasteiger partial charge in [-0.25, -0.2) is 14.4 Å². The van der Waals surface area contributed by atoms with Gasteiger partial charge in [-0.3, -0.25) is 14.4 Å². The second-order valence-corrected chi connectivity index (χ2v) is 41.1. The minimum atomic E-state index is -0.496. The number of carbonyl (C=O) groups excluding carboxylic acids is 6. The Kier molecular flexibility index (Phi) is 42.6. The van der Waals surface area contributed by atoms with Gasteiger partial charge < -0.3 is 84.4 Å². The van der Waals surface area contributed by atoms with Crippen LogP contribution in [0.15, 0.2) is 115 Å². The van der Waals surface area contributed by atoms with Crippen molar-refractivity contribution in [3.63, 3.8) is 0 Å². The Morgan fingerprint density at radius 3 is 1.18 bits per heavy atom. The van der Waals surface area contributed by atoms with Gasteiger partial charge in [0.15, 0.2) is 11.5 Å². The van der Waals surface area contributed by atoms with Crippen LogP contribution in [0.5, 0.6) is 28.7 Å². The number of methoxy groups -OCH3 is 3. The lowest BCUT2D eigenvalue weighted by Crippen LogP contribution is -2.44. The van der Waals surface area contributed by atoms with Crippen LogP contribution in [0.25, 0.3) is 6.08 Å². The molecule has 0 radical (unpaired) electrons. The van der Waals surface area contributed by atoms with Gasteiger partial charge in [0.1, 0.15) is 45.1 Å². The van der Waals surface area contributed by atoms with Crippen molar-refractivity contribution >= 4 is 41.9 Å².